The van der Waals surface area contributed by atoms with Crippen molar-refractivity contribution in [1.82, 2.24) is 0 Å². The number of halogens is 2. The van der Waals surface area contributed by atoms with Crippen molar-refractivity contribution >= 4 is 29.0 Å². The summed E-state index contributed by atoms with van der Waals surface area (Å²) in [6.45, 7) is 0.855. The van der Waals surface area contributed by atoms with Gasteiger partial charge in [0, 0.05) is 17.2 Å². The maximum Gasteiger partial charge on any atom is 0.220 e. The van der Waals surface area contributed by atoms with Gasteiger partial charge in [-0.25, -0.2) is 0 Å². The van der Waals surface area contributed by atoms with Gasteiger partial charge >= 0.3 is 0 Å². The lowest BCUT2D eigenvalue weighted by atomic mass is 10.1. The molecule has 2 aromatic rings. The van der Waals surface area contributed by atoms with E-state index in [0.29, 0.717) is 16.7 Å². The molecule has 3 rings (SSSR count). The molecule has 7 heteroatoms. The van der Waals surface area contributed by atoms with Crippen molar-refractivity contribution in [3.8, 4) is 0 Å². The summed E-state index contributed by atoms with van der Waals surface area (Å²) in [5.41, 5.74) is 1.89. The minimum Gasteiger partial charge on any atom is -0.374 e. The molecule has 3 atom stereocenters. The van der Waals surface area contributed by atoms with Gasteiger partial charge in [0.05, 0.1) is 19.8 Å². The molecule has 2 aromatic carbocycles. The Balaban J connectivity index is 1.56. The summed E-state index contributed by atoms with van der Waals surface area (Å²) in [5, 5.41) is 1.31. The van der Waals surface area contributed by atoms with Crippen LogP contribution in [0.4, 0.5) is 0 Å². The lowest BCUT2D eigenvalue weighted by Gasteiger charge is -2.18. The van der Waals surface area contributed by atoms with E-state index in [1.54, 1.807) is 24.3 Å². The molecule has 1 saturated heterocycles. The molecule has 1 fully saturated rings. The van der Waals surface area contributed by atoms with Crippen LogP contribution in [-0.4, -0.2) is 38.0 Å². The largest absolute Gasteiger partial charge is 0.374 e. The summed E-state index contributed by atoms with van der Waals surface area (Å²) in [4.78, 5) is 12.4. The van der Waals surface area contributed by atoms with Gasteiger partial charge in [-0.1, -0.05) is 47.5 Å². The van der Waals surface area contributed by atoms with Gasteiger partial charge < -0.3 is 18.9 Å². The van der Waals surface area contributed by atoms with E-state index in [9.17, 15) is 4.79 Å². The molecule has 1 heterocycles. The molecule has 0 unspecified atom stereocenters. The summed E-state index contributed by atoms with van der Waals surface area (Å²) in [7, 11) is 1.43. The van der Waals surface area contributed by atoms with Gasteiger partial charge in [-0.3, -0.25) is 4.79 Å². The second-order valence-corrected chi connectivity index (χ2v) is 7.02. The van der Waals surface area contributed by atoms with Crippen LogP contribution < -0.4 is 0 Å². The molecular weight excluding hydrogens is 391 g/mol. The first kappa shape index (κ1) is 20.3. The van der Waals surface area contributed by atoms with E-state index in [-0.39, 0.29) is 19.0 Å². The zero-order valence-corrected chi connectivity index (χ0v) is 16.3. The van der Waals surface area contributed by atoms with Crippen LogP contribution in [0.1, 0.15) is 11.1 Å². The minimum atomic E-state index is -0.940. The number of hydrogen-bond donors (Lipinski definition) is 0. The van der Waals surface area contributed by atoms with Crippen molar-refractivity contribution in [2.75, 3.05) is 13.7 Å². The Bertz CT molecular complexity index is 748. The van der Waals surface area contributed by atoms with Crippen molar-refractivity contribution in [2.45, 2.75) is 31.7 Å². The highest BCUT2D eigenvalue weighted by atomic mass is 35.5. The fraction of sp³-hybridized carbons (Fsp3) is 0.350. The molecule has 5 nitrogen and oxygen atoms in total. The Hall–Kier alpha value is -1.47. The molecule has 27 heavy (non-hydrogen) atoms. The van der Waals surface area contributed by atoms with E-state index in [4.69, 9.17) is 42.1 Å². The van der Waals surface area contributed by atoms with Crippen molar-refractivity contribution in [3.05, 3.63) is 69.7 Å². The van der Waals surface area contributed by atoms with Crippen molar-refractivity contribution < 1.29 is 23.7 Å². The summed E-state index contributed by atoms with van der Waals surface area (Å²) in [6.07, 6.45) is -2.23. The number of rotatable bonds is 8. The third-order valence-electron chi connectivity index (χ3n) is 4.17. The number of carbonyl (C=O) groups is 1. The molecule has 0 bridgehead atoms. The lowest BCUT2D eigenvalue weighted by molar-refractivity contribution is -0.154. The average Bonchev–Trinajstić information content (AvgIpc) is 2.98. The molecule has 0 spiro atoms. The second kappa shape index (κ2) is 9.64. The second-order valence-electron chi connectivity index (χ2n) is 6.14. The molecule has 0 aliphatic carbocycles. The van der Waals surface area contributed by atoms with E-state index in [2.05, 4.69) is 0 Å². The topological polar surface area (TPSA) is 54.0 Å². The fourth-order valence-electron chi connectivity index (χ4n) is 2.74. The fourth-order valence-corrected chi connectivity index (χ4v) is 2.99. The molecule has 0 N–H and O–H groups in total. The van der Waals surface area contributed by atoms with E-state index in [1.165, 1.54) is 7.11 Å². The Kier molecular flexibility index (Phi) is 7.24. The van der Waals surface area contributed by atoms with Crippen molar-refractivity contribution in [3.63, 3.8) is 0 Å². The number of methoxy groups -OCH3 is 1. The van der Waals surface area contributed by atoms with E-state index >= 15 is 0 Å². The van der Waals surface area contributed by atoms with Crippen LogP contribution in [0.5, 0.6) is 0 Å². The average molecular weight is 411 g/mol. The number of Topliss-reactive ketones (excluding diaryl/α,β-unsaturated/α-hetero) is 1. The summed E-state index contributed by atoms with van der Waals surface area (Å²) >= 11 is 11.8. The maximum atomic E-state index is 12.4. The molecule has 0 amide bonds. The van der Waals surface area contributed by atoms with E-state index < -0.39 is 18.5 Å². The van der Waals surface area contributed by atoms with Crippen LogP contribution in [0.3, 0.4) is 0 Å². The summed E-state index contributed by atoms with van der Waals surface area (Å²) in [6, 6.07) is 14.6. The number of hydrogen-bond acceptors (Lipinski definition) is 5. The molecule has 0 aromatic heterocycles. The zero-order valence-electron chi connectivity index (χ0n) is 14.8. The monoisotopic (exact) mass is 410 g/mol. The zero-order chi connectivity index (χ0) is 19.2. The summed E-state index contributed by atoms with van der Waals surface area (Å²) in [5.74, 6) is -0.244. The minimum absolute atomic E-state index is 0.208. The van der Waals surface area contributed by atoms with E-state index in [0.717, 1.165) is 11.1 Å². The van der Waals surface area contributed by atoms with Crippen LogP contribution in [0.15, 0.2) is 48.5 Å². The first-order valence-electron chi connectivity index (χ1n) is 8.47. The number of benzene rings is 2. The van der Waals surface area contributed by atoms with Gasteiger partial charge in [-0.2, -0.15) is 0 Å². The lowest BCUT2D eigenvalue weighted by Crippen LogP contribution is -2.34. The molecule has 1 aliphatic rings. The SMILES string of the molecule is CO[C@H]1O[C@H](COCc2ccc(Cl)cc2)[C@@H](OCc2ccc(Cl)cc2)C1=O. The molecule has 0 radical (unpaired) electrons. The van der Waals surface area contributed by atoms with Crippen molar-refractivity contribution in [2.24, 2.45) is 0 Å². The van der Waals surface area contributed by atoms with Gasteiger partial charge in [0.15, 0.2) is 0 Å². The van der Waals surface area contributed by atoms with Crippen LogP contribution >= 0.6 is 23.2 Å². The van der Waals surface area contributed by atoms with Crippen LogP contribution in [0.2, 0.25) is 10.0 Å². The predicted octanol–water partition coefficient (Wildman–Crippen LogP) is 4.04. The highest BCUT2D eigenvalue weighted by molar-refractivity contribution is 6.30. The Morgan fingerprint density at radius 2 is 1.48 bits per heavy atom. The highest BCUT2D eigenvalue weighted by Crippen LogP contribution is 2.23. The Morgan fingerprint density at radius 3 is 2.04 bits per heavy atom. The third-order valence-corrected chi connectivity index (χ3v) is 4.67. The number of ketones is 1. The van der Waals surface area contributed by atoms with Gasteiger partial charge in [-0.15, -0.1) is 0 Å². The highest BCUT2D eigenvalue weighted by Gasteiger charge is 2.44. The number of ether oxygens (including phenoxy) is 4. The van der Waals surface area contributed by atoms with Gasteiger partial charge in [0.2, 0.25) is 12.1 Å². The van der Waals surface area contributed by atoms with Crippen LogP contribution in [0.25, 0.3) is 0 Å². The predicted molar refractivity (Wildman–Crippen MR) is 102 cm³/mol. The Morgan fingerprint density at radius 1 is 0.926 bits per heavy atom. The normalized spacial score (nSPS) is 22.3. The molecule has 1 aliphatic heterocycles. The molecule has 0 saturated carbocycles. The Labute approximate surface area is 168 Å². The van der Waals surface area contributed by atoms with Gasteiger partial charge in [-0.05, 0) is 35.4 Å². The molecule has 144 valence electrons. The smallest absolute Gasteiger partial charge is 0.220 e. The van der Waals surface area contributed by atoms with Crippen LogP contribution in [-0.2, 0) is 37.0 Å². The van der Waals surface area contributed by atoms with E-state index in [1.807, 2.05) is 24.3 Å². The van der Waals surface area contributed by atoms with Crippen molar-refractivity contribution in [1.29, 1.82) is 0 Å². The number of carbonyl (C=O) groups excluding carboxylic acids is 1. The first-order valence-corrected chi connectivity index (χ1v) is 9.22. The third kappa shape index (κ3) is 5.51. The molecular formula is C20H20Cl2O5. The quantitative estimate of drug-likeness (QED) is 0.657. The first-order chi connectivity index (χ1) is 13.1. The summed E-state index contributed by atoms with van der Waals surface area (Å²) < 4.78 is 22.2. The maximum absolute atomic E-state index is 12.4. The van der Waals surface area contributed by atoms with Gasteiger partial charge in [0.1, 0.15) is 12.2 Å². The standard InChI is InChI=1S/C20H20Cl2O5/c1-24-20-18(23)19(26-11-14-4-8-16(22)9-5-14)17(27-20)12-25-10-13-2-6-15(21)7-3-13/h2-9,17,19-20H,10-12H2,1H3/t17-,19-,20+/m1/s1. The van der Waals surface area contributed by atoms with Crippen LogP contribution in [0, 0.1) is 0 Å². The van der Waals surface area contributed by atoms with Gasteiger partial charge in [0.25, 0.3) is 0 Å².